The molecule has 14 heavy (non-hydrogen) atoms. The smallest absolute Gasteiger partial charge is 0.0344 e. The SMILES string of the molecule is C/C=C(\N)c1cccc(CC)c1.CC. The van der Waals surface area contributed by atoms with Crippen LogP contribution >= 0.6 is 0 Å². The maximum Gasteiger partial charge on any atom is 0.0344 e. The van der Waals surface area contributed by atoms with Gasteiger partial charge in [-0.3, -0.25) is 0 Å². The van der Waals surface area contributed by atoms with E-state index in [9.17, 15) is 0 Å². The van der Waals surface area contributed by atoms with Gasteiger partial charge in [-0.15, -0.1) is 0 Å². The van der Waals surface area contributed by atoms with Crippen LogP contribution in [0, 0.1) is 0 Å². The van der Waals surface area contributed by atoms with Crippen molar-refractivity contribution in [3.05, 3.63) is 41.5 Å². The molecule has 0 aliphatic heterocycles. The van der Waals surface area contributed by atoms with Gasteiger partial charge in [0.1, 0.15) is 0 Å². The summed E-state index contributed by atoms with van der Waals surface area (Å²) in [6.07, 6.45) is 2.99. The lowest BCUT2D eigenvalue weighted by molar-refractivity contribution is 1.14. The van der Waals surface area contributed by atoms with Crippen molar-refractivity contribution in [1.82, 2.24) is 0 Å². The van der Waals surface area contributed by atoms with E-state index in [4.69, 9.17) is 5.73 Å². The van der Waals surface area contributed by atoms with E-state index in [-0.39, 0.29) is 0 Å². The van der Waals surface area contributed by atoms with Crippen LogP contribution in [-0.4, -0.2) is 0 Å². The average molecular weight is 191 g/mol. The van der Waals surface area contributed by atoms with E-state index in [2.05, 4.69) is 19.1 Å². The van der Waals surface area contributed by atoms with Crippen LogP contribution in [0.5, 0.6) is 0 Å². The zero-order valence-electron chi connectivity index (χ0n) is 9.67. The van der Waals surface area contributed by atoms with Crippen LogP contribution in [-0.2, 0) is 6.42 Å². The second-order valence-electron chi connectivity index (χ2n) is 2.80. The van der Waals surface area contributed by atoms with Gasteiger partial charge in [0.15, 0.2) is 0 Å². The maximum atomic E-state index is 5.78. The largest absolute Gasteiger partial charge is 0.399 e. The zero-order chi connectivity index (χ0) is 11.0. The van der Waals surface area contributed by atoms with Crippen LogP contribution in [0.4, 0.5) is 0 Å². The first kappa shape index (κ1) is 12.8. The third-order valence-electron chi connectivity index (χ3n) is 1.98. The van der Waals surface area contributed by atoms with Gasteiger partial charge in [-0.05, 0) is 30.5 Å². The number of aryl methyl sites for hydroxylation is 1. The summed E-state index contributed by atoms with van der Waals surface area (Å²) in [6.45, 7) is 8.10. The predicted molar refractivity (Wildman–Crippen MR) is 65.0 cm³/mol. The minimum absolute atomic E-state index is 0.852. The number of rotatable bonds is 2. The molecular weight excluding hydrogens is 170 g/mol. The first-order valence-corrected chi connectivity index (χ1v) is 5.29. The number of hydrogen-bond acceptors (Lipinski definition) is 1. The van der Waals surface area contributed by atoms with E-state index in [0.29, 0.717) is 0 Å². The minimum Gasteiger partial charge on any atom is -0.399 e. The van der Waals surface area contributed by atoms with Gasteiger partial charge in [0.25, 0.3) is 0 Å². The Morgan fingerprint density at radius 1 is 1.36 bits per heavy atom. The van der Waals surface area contributed by atoms with Crippen molar-refractivity contribution in [2.24, 2.45) is 5.73 Å². The first-order valence-electron chi connectivity index (χ1n) is 5.29. The molecule has 0 atom stereocenters. The molecule has 0 amide bonds. The van der Waals surface area contributed by atoms with Gasteiger partial charge in [0, 0.05) is 5.70 Å². The molecule has 1 rings (SSSR count). The molecule has 1 nitrogen and oxygen atoms in total. The zero-order valence-corrected chi connectivity index (χ0v) is 9.67. The standard InChI is InChI=1S/C11H15N.C2H6/c1-3-9-6-5-7-10(8-9)11(12)4-2;1-2/h4-8H,3,12H2,1-2H3;1-2H3/b11-4-;. The van der Waals surface area contributed by atoms with E-state index in [1.165, 1.54) is 5.56 Å². The van der Waals surface area contributed by atoms with Crippen molar-refractivity contribution in [2.45, 2.75) is 34.1 Å². The van der Waals surface area contributed by atoms with Crippen LogP contribution < -0.4 is 5.73 Å². The molecule has 0 saturated heterocycles. The highest BCUT2D eigenvalue weighted by atomic mass is 14.6. The Kier molecular flexibility index (Phi) is 6.55. The van der Waals surface area contributed by atoms with Crippen molar-refractivity contribution in [3.8, 4) is 0 Å². The van der Waals surface area contributed by atoms with Crippen LogP contribution in [0.25, 0.3) is 5.70 Å². The summed E-state index contributed by atoms with van der Waals surface area (Å²) in [5, 5.41) is 0. The summed E-state index contributed by atoms with van der Waals surface area (Å²) in [6, 6.07) is 8.33. The number of benzene rings is 1. The lowest BCUT2D eigenvalue weighted by Crippen LogP contribution is -1.95. The van der Waals surface area contributed by atoms with Gasteiger partial charge < -0.3 is 5.73 Å². The summed E-state index contributed by atoms with van der Waals surface area (Å²) in [5.74, 6) is 0. The van der Waals surface area contributed by atoms with Crippen LogP contribution in [0.3, 0.4) is 0 Å². The molecule has 0 radical (unpaired) electrons. The van der Waals surface area contributed by atoms with E-state index in [0.717, 1.165) is 17.7 Å². The van der Waals surface area contributed by atoms with Crippen LogP contribution in [0.1, 0.15) is 38.8 Å². The topological polar surface area (TPSA) is 26.0 Å². The second-order valence-corrected chi connectivity index (χ2v) is 2.80. The van der Waals surface area contributed by atoms with Crippen LogP contribution in [0.2, 0.25) is 0 Å². The summed E-state index contributed by atoms with van der Waals surface area (Å²) < 4.78 is 0. The van der Waals surface area contributed by atoms with Crippen molar-refractivity contribution >= 4 is 5.70 Å². The fourth-order valence-electron chi connectivity index (χ4n) is 1.14. The van der Waals surface area contributed by atoms with Gasteiger partial charge in [-0.2, -0.15) is 0 Å². The molecule has 0 aromatic heterocycles. The van der Waals surface area contributed by atoms with E-state index in [1.807, 2.05) is 39.0 Å². The molecular formula is C13H21N. The van der Waals surface area contributed by atoms with Crippen molar-refractivity contribution in [3.63, 3.8) is 0 Å². The number of allylic oxidation sites excluding steroid dienone is 1. The summed E-state index contributed by atoms with van der Waals surface area (Å²) in [4.78, 5) is 0. The highest BCUT2D eigenvalue weighted by Gasteiger charge is 1.95. The predicted octanol–water partition coefficient (Wildman–Crippen LogP) is 3.59. The first-order chi connectivity index (χ1) is 6.77. The molecule has 2 N–H and O–H groups in total. The normalized spacial score (nSPS) is 10.4. The molecule has 0 spiro atoms. The summed E-state index contributed by atoms with van der Waals surface area (Å²) in [7, 11) is 0. The summed E-state index contributed by atoms with van der Waals surface area (Å²) in [5.41, 5.74) is 9.08. The molecule has 1 aromatic carbocycles. The quantitative estimate of drug-likeness (QED) is 0.759. The van der Waals surface area contributed by atoms with Gasteiger partial charge in [0.05, 0.1) is 0 Å². The molecule has 0 fully saturated rings. The molecule has 0 saturated carbocycles. The molecule has 1 heteroatoms. The van der Waals surface area contributed by atoms with Gasteiger partial charge in [-0.1, -0.05) is 45.0 Å². The van der Waals surface area contributed by atoms with Crippen molar-refractivity contribution in [2.75, 3.05) is 0 Å². The second kappa shape index (κ2) is 7.19. The lowest BCUT2D eigenvalue weighted by atomic mass is 10.1. The molecule has 0 aliphatic carbocycles. The Bertz CT molecular complexity index is 287. The van der Waals surface area contributed by atoms with Crippen LogP contribution in [0.15, 0.2) is 30.3 Å². The van der Waals surface area contributed by atoms with E-state index < -0.39 is 0 Å². The molecule has 0 bridgehead atoms. The Balaban J connectivity index is 0.000000791. The van der Waals surface area contributed by atoms with Gasteiger partial charge >= 0.3 is 0 Å². The molecule has 78 valence electrons. The number of hydrogen-bond donors (Lipinski definition) is 1. The fourth-order valence-corrected chi connectivity index (χ4v) is 1.14. The van der Waals surface area contributed by atoms with E-state index >= 15 is 0 Å². The third-order valence-corrected chi connectivity index (χ3v) is 1.98. The maximum absolute atomic E-state index is 5.78. The fraction of sp³-hybridized carbons (Fsp3) is 0.385. The molecule has 0 heterocycles. The van der Waals surface area contributed by atoms with Gasteiger partial charge in [-0.25, -0.2) is 0 Å². The Labute approximate surface area is 87.6 Å². The average Bonchev–Trinajstić information content (AvgIpc) is 2.30. The molecule has 1 aromatic rings. The Morgan fingerprint density at radius 2 is 2.00 bits per heavy atom. The minimum atomic E-state index is 0.852. The molecule has 0 aliphatic rings. The highest BCUT2D eigenvalue weighted by molar-refractivity contribution is 5.62. The third kappa shape index (κ3) is 3.65. The number of nitrogens with two attached hydrogens (primary N) is 1. The summed E-state index contributed by atoms with van der Waals surface area (Å²) >= 11 is 0. The Morgan fingerprint density at radius 3 is 2.50 bits per heavy atom. The van der Waals surface area contributed by atoms with Crippen molar-refractivity contribution in [1.29, 1.82) is 0 Å². The van der Waals surface area contributed by atoms with E-state index in [1.54, 1.807) is 0 Å². The Hall–Kier alpha value is -1.24. The van der Waals surface area contributed by atoms with Gasteiger partial charge in [0.2, 0.25) is 0 Å². The lowest BCUT2D eigenvalue weighted by Gasteiger charge is -2.02. The monoisotopic (exact) mass is 191 g/mol. The highest BCUT2D eigenvalue weighted by Crippen LogP contribution is 2.11. The van der Waals surface area contributed by atoms with Crippen molar-refractivity contribution < 1.29 is 0 Å². The molecule has 0 unspecified atom stereocenters.